The van der Waals surface area contributed by atoms with Crippen LogP contribution in [0.3, 0.4) is 0 Å². The third-order valence-electron chi connectivity index (χ3n) is 4.02. The van der Waals surface area contributed by atoms with Gasteiger partial charge in [0.15, 0.2) is 0 Å². The van der Waals surface area contributed by atoms with Crippen LogP contribution >= 0.6 is 0 Å². The van der Waals surface area contributed by atoms with Gasteiger partial charge in [-0.25, -0.2) is 0 Å². The molecule has 1 amide bonds. The van der Waals surface area contributed by atoms with Gasteiger partial charge in [0, 0.05) is 43.7 Å². The fraction of sp³-hybridized carbons (Fsp3) is 0.278. The summed E-state index contributed by atoms with van der Waals surface area (Å²) >= 11 is 0. The molecule has 1 N–H and O–H groups in total. The highest BCUT2D eigenvalue weighted by Crippen LogP contribution is 2.21. The first-order valence-corrected chi connectivity index (χ1v) is 7.67. The molecule has 0 radical (unpaired) electrons. The summed E-state index contributed by atoms with van der Waals surface area (Å²) < 4.78 is 0. The van der Waals surface area contributed by atoms with Crippen LogP contribution in [0.15, 0.2) is 55.0 Å². The summed E-state index contributed by atoms with van der Waals surface area (Å²) in [7, 11) is 0. The van der Waals surface area contributed by atoms with E-state index in [1.54, 1.807) is 35.6 Å². The molecular weight excluding hydrogens is 290 g/mol. The predicted octanol–water partition coefficient (Wildman–Crippen LogP) is 1.55. The van der Waals surface area contributed by atoms with Crippen molar-refractivity contribution in [2.45, 2.75) is 12.5 Å². The summed E-state index contributed by atoms with van der Waals surface area (Å²) in [4.78, 5) is 22.2. The van der Waals surface area contributed by atoms with Gasteiger partial charge in [0.1, 0.15) is 0 Å². The summed E-state index contributed by atoms with van der Waals surface area (Å²) in [6.45, 7) is 0.901. The zero-order valence-corrected chi connectivity index (χ0v) is 12.7. The van der Waals surface area contributed by atoms with Gasteiger partial charge >= 0.3 is 0 Å². The largest absolute Gasteiger partial charge is 0.391 e. The number of likely N-dealkylation sites (tertiary alicyclic amines) is 1. The number of benzene rings is 1. The summed E-state index contributed by atoms with van der Waals surface area (Å²) in [5.41, 5.74) is 1.82. The number of β-amino-alcohol motifs (C(OH)–C–C–N with tert-alkyl or cyclic N) is 1. The number of aliphatic hydroxyl groups excluding tert-OH is 1. The number of rotatable bonds is 4. The molecule has 2 heterocycles. The first-order chi connectivity index (χ1) is 11.2. The number of carbonyl (C=O) groups excluding carboxylic acids is 1. The molecule has 0 bridgehead atoms. The Balaban J connectivity index is 1.59. The third kappa shape index (κ3) is 4.02. The van der Waals surface area contributed by atoms with Gasteiger partial charge in [0.25, 0.3) is 0 Å². The van der Waals surface area contributed by atoms with Crippen molar-refractivity contribution < 1.29 is 9.90 Å². The van der Waals surface area contributed by atoms with Gasteiger partial charge in [0.2, 0.25) is 5.91 Å². The molecule has 1 aliphatic rings. The Morgan fingerprint density at radius 3 is 2.83 bits per heavy atom. The normalized spacial score (nSPS) is 21.0. The van der Waals surface area contributed by atoms with Crippen molar-refractivity contribution in [1.29, 1.82) is 0 Å². The van der Waals surface area contributed by atoms with Crippen LogP contribution in [0.2, 0.25) is 0 Å². The van der Waals surface area contributed by atoms with Gasteiger partial charge in [-0.15, -0.1) is 0 Å². The Labute approximate surface area is 135 Å². The minimum Gasteiger partial charge on any atom is -0.391 e. The lowest BCUT2D eigenvalue weighted by molar-refractivity contribution is -0.125. The van der Waals surface area contributed by atoms with Gasteiger partial charge < -0.3 is 10.0 Å². The SMILES string of the molecule is O=C(C=Cc1ccccc1)N1C[C@@H](Cc2cnccn2)[C@H](O)C1. The minimum atomic E-state index is -0.522. The van der Waals surface area contributed by atoms with E-state index in [2.05, 4.69) is 9.97 Å². The topological polar surface area (TPSA) is 66.3 Å². The van der Waals surface area contributed by atoms with Crippen molar-refractivity contribution in [3.8, 4) is 0 Å². The standard InChI is InChI=1S/C18H19N3O2/c22-17-13-21(12-15(17)10-16-11-19-8-9-20-16)18(23)7-6-14-4-2-1-3-5-14/h1-9,11,15,17,22H,10,12-13H2/t15-,17-/m1/s1. The zero-order valence-electron chi connectivity index (χ0n) is 12.7. The Morgan fingerprint density at radius 2 is 2.09 bits per heavy atom. The monoisotopic (exact) mass is 309 g/mol. The van der Waals surface area contributed by atoms with E-state index in [9.17, 15) is 9.90 Å². The Kier molecular flexibility index (Phi) is 4.78. The molecule has 1 aliphatic heterocycles. The fourth-order valence-electron chi connectivity index (χ4n) is 2.78. The smallest absolute Gasteiger partial charge is 0.246 e. The molecule has 0 aliphatic carbocycles. The number of nitrogens with zero attached hydrogens (tertiary/aromatic N) is 3. The zero-order chi connectivity index (χ0) is 16.1. The summed E-state index contributed by atoms with van der Waals surface area (Å²) in [5, 5.41) is 10.2. The van der Waals surface area contributed by atoms with E-state index < -0.39 is 6.10 Å². The Hall–Kier alpha value is -2.53. The van der Waals surface area contributed by atoms with Gasteiger partial charge in [-0.05, 0) is 18.1 Å². The maximum absolute atomic E-state index is 12.3. The lowest BCUT2D eigenvalue weighted by Crippen LogP contribution is -2.27. The molecule has 1 saturated heterocycles. The van der Waals surface area contributed by atoms with Crippen LogP contribution < -0.4 is 0 Å². The van der Waals surface area contributed by atoms with Crippen LogP contribution in [-0.4, -0.2) is 45.1 Å². The van der Waals surface area contributed by atoms with E-state index in [-0.39, 0.29) is 11.8 Å². The summed E-state index contributed by atoms with van der Waals surface area (Å²) in [5.74, 6) is -0.0738. The second-order valence-corrected chi connectivity index (χ2v) is 5.72. The van der Waals surface area contributed by atoms with Crippen molar-refractivity contribution in [3.05, 3.63) is 66.3 Å². The summed E-state index contributed by atoms with van der Waals surface area (Å²) in [6.07, 6.45) is 8.43. The number of hydrogen-bond acceptors (Lipinski definition) is 4. The number of hydrogen-bond donors (Lipinski definition) is 1. The molecule has 0 unspecified atom stereocenters. The van der Waals surface area contributed by atoms with Crippen LogP contribution in [-0.2, 0) is 11.2 Å². The Bertz CT molecular complexity index is 673. The average Bonchev–Trinajstić information content (AvgIpc) is 2.95. The van der Waals surface area contributed by atoms with Crippen LogP contribution in [0, 0.1) is 5.92 Å². The lowest BCUT2D eigenvalue weighted by Gasteiger charge is -2.13. The van der Waals surface area contributed by atoms with Crippen molar-refractivity contribution >= 4 is 12.0 Å². The molecule has 1 aromatic carbocycles. The van der Waals surface area contributed by atoms with Crippen LogP contribution in [0.5, 0.6) is 0 Å². The molecule has 0 spiro atoms. The van der Waals surface area contributed by atoms with Gasteiger partial charge in [0.05, 0.1) is 11.8 Å². The first-order valence-electron chi connectivity index (χ1n) is 7.67. The predicted molar refractivity (Wildman–Crippen MR) is 87.3 cm³/mol. The maximum atomic E-state index is 12.3. The van der Waals surface area contributed by atoms with E-state index in [0.29, 0.717) is 19.5 Å². The van der Waals surface area contributed by atoms with Gasteiger partial charge in [-0.3, -0.25) is 14.8 Å². The van der Waals surface area contributed by atoms with Crippen molar-refractivity contribution in [3.63, 3.8) is 0 Å². The van der Waals surface area contributed by atoms with E-state index in [0.717, 1.165) is 11.3 Å². The highest BCUT2D eigenvalue weighted by Gasteiger charge is 2.33. The molecule has 0 saturated carbocycles. The molecule has 1 aromatic heterocycles. The molecule has 5 nitrogen and oxygen atoms in total. The molecule has 23 heavy (non-hydrogen) atoms. The molecule has 5 heteroatoms. The van der Waals surface area contributed by atoms with Crippen molar-refractivity contribution in [2.24, 2.45) is 5.92 Å². The van der Waals surface area contributed by atoms with E-state index >= 15 is 0 Å². The second-order valence-electron chi connectivity index (χ2n) is 5.72. The van der Waals surface area contributed by atoms with Crippen LogP contribution in [0.25, 0.3) is 6.08 Å². The van der Waals surface area contributed by atoms with Crippen LogP contribution in [0.4, 0.5) is 0 Å². The number of aliphatic hydroxyl groups is 1. The third-order valence-corrected chi connectivity index (χ3v) is 4.02. The molecule has 2 atom stereocenters. The number of amides is 1. The van der Waals surface area contributed by atoms with Crippen LogP contribution in [0.1, 0.15) is 11.3 Å². The van der Waals surface area contributed by atoms with E-state index in [4.69, 9.17) is 0 Å². The summed E-state index contributed by atoms with van der Waals surface area (Å²) in [6, 6.07) is 9.69. The number of carbonyl (C=O) groups is 1. The van der Waals surface area contributed by atoms with Gasteiger partial charge in [-0.1, -0.05) is 30.3 Å². The minimum absolute atomic E-state index is 0.000718. The lowest BCUT2D eigenvalue weighted by atomic mass is 10.0. The van der Waals surface area contributed by atoms with Gasteiger partial charge in [-0.2, -0.15) is 0 Å². The average molecular weight is 309 g/mol. The van der Waals surface area contributed by atoms with E-state index in [1.807, 2.05) is 30.3 Å². The van der Waals surface area contributed by atoms with E-state index in [1.165, 1.54) is 0 Å². The quantitative estimate of drug-likeness (QED) is 0.870. The Morgan fingerprint density at radius 1 is 1.26 bits per heavy atom. The molecular formula is C18H19N3O2. The second kappa shape index (κ2) is 7.15. The fourth-order valence-corrected chi connectivity index (χ4v) is 2.78. The first kappa shape index (κ1) is 15.4. The molecule has 2 aromatic rings. The molecule has 118 valence electrons. The number of aromatic nitrogens is 2. The molecule has 3 rings (SSSR count). The van der Waals surface area contributed by atoms with Crippen molar-refractivity contribution in [1.82, 2.24) is 14.9 Å². The highest BCUT2D eigenvalue weighted by molar-refractivity contribution is 5.92. The molecule has 1 fully saturated rings. The highest BCUT2D eigenvalue weighted by atomic mass is 16.3. The maximum Gasteiger partial charge on any atom is 0.246 e. The van der Waals surface area contributed by atoms with Crippen molar-refractivity contribution in [2.75, 3.05) is 13.1 Å².